The predicted octanol–water partition coefficient (Wildman–Crippen LogP) is 5.50. The van der Waals surface area contributed by atoms with Gasteiger partial charge in [-0.2, -0.15) is 13.2 Å². The summed E-state index contributed by atoms with van der Waals surface area (Å²) >= 11 is 0. The molecule has 3 N–H and O–H groups in total. The third kappa shape index (κ3) is 7.80. The van der Waals surface area contributed by atoms with Crippen molar-refractivity contribution in [3.8, 4) is 11.6 Å². The monoisotopic (exact) mass is 543 g/mol. The Balaban J connectivity index is 1.36. The van der Waals surface area contributed by atoms with E-state index in [1.54, 1.807) is 37.4 Å². The Hall–Kier alpha value is -3.90. The highest BCUT2D eigenvalue weighted by Gasteiger charge is 2.34. The van der Waals surface area contributed by atoms with Gasteiger partial charge in [-0.1, -0.05) is 6.07 Å². The molecule has 0 atom stereocenters. The molecule has 2 heterocycles. The van der Waals surface area contributed by atoms with Crippen molar-refractivity contribution in [2.24, 2.45) is 0 Å². The van der Waals surface area contributed by atoms with Gasteiger partial charge in [0.05, 0.1) is 5.56 Å². The number of alkyl halides is 3. The average Bonchev–Trinajstić information content (AvgIpc) is 2.90. The number of amides is 2. The van der Waals surface area contributed by atoms with Crippen LogP contribution in [0.4, 0.5) is 35.2 Å². The van der Waals surface area contributed by atoms with Gasteiger partial charge in [0.2, 0.25) is 5.88 Å². The molecular formula is C27H32F3N7O2. The molecule has 0 bridgehead atoms. The van der Waals surface area contributed by atoms with Gasteiger partial charge < -0.3 is 20.7 Å². The molecule has 4 rings (SSSR count). The highest BCUT2D eigenvalue weighted by Crippen LogP contribution is 2.35. The molecule has 39 heavy (non-hydrogen) atoms. The molecule has 3 aromatic rings. The van der Waals surface area contributed by atoms with E-state index < -0.39 is 17.8 Å². The van der Waals surface area contributed by atoms with Crippen molar-refractivity contribution in [2.45, 2.75) is 32.6 Å². The Morgan fingerprint density at radius 1 is 0.974 bits per heavy atom. The number of carbonyl (C=O) groups excluding carboxylic acids is 1. The number of piperazine rings is 1. The number of nitrogens with zero attached hydrogens (tertiary/aromatic N) is 4. The lowest BCUT2D eigenvalue weighted by atomic mass is 10.0. The number of aromatic nitrogens is 2. The zero-order valence-corrected chi connectivity index (χ0v) is 22.0. The Kier molecular flexibility index (Phi) is 8.87. The fourth-order valence-electron chi connectivity index (χ4n) is 4.29. The Bertz CT molecular complexity index is 1260. The van der Waals surface area contributed by atoms with E-state index in [1.807, 2.05) is 4.90 Å². The molecule has 0 saturated carbocycles. The third-order valence-electron chi connectivity index (χ3n) is 6.44. The highest BCUT2D eigenvalue weighted by atomic mass is 19.4. The lowest BCUT2D eigenvalue weighted by Gasteiger charge is -2.37. The molecule has 1 aliphatic heterocycles. The maximum absolute atomic E-state index is 13.9. The smallest absolute Gasteiger partial charge is 0.416 e. The van der Waals surface area contributed by atoms with Gasteiger partial charge in [0.25, 0.3) is 0 Å². The van der Waals surface area contributed by atoms with Crippen LogP contribution in [0.5, 0.6) is 11.6 Å². The van der Waals surface area contributed by atoms with Crippen molar-refractivity contribution in [3.05, 3.63) is 66.0 Å². The van der Waals surface area contributed by atoms with Crippen LogP contribution < -0.4 is 20.7 Å². The van der Waals surface area contributed by atoms with E-state index in [1.165, 1.54) is 18.5 Å². The molecule has 0 radical (unpaired) electrons. The predicted molar refractivity (Wildman–Crippen MR) is 144 cm³/mol. The zero-order valence-electron chi connectivity index (χ0n) is 22.0. The summed E-state index contributed by atoms with van der Waals surface area (Å²) in [6.07, 6.45) is -3.18. The quantitative estimate of drug-likeness (QED) is 0.345. The first-order chi connectivity index (χ1) is 18.6. The molecular weight excluding hydrogens is 511 g/mol. The van der Waals surface area contributed by atoms with E-state index in [4.69, 9.17) is 4.74 Å². The first-order valence-electron chi connectivity index (χ1n) is 12.6. The average molecular weight is 544 g/mol. The van der Waals surface area contributed by atoms with Gasteiger partial charge in [0.1, 0.15) is 17.9 Å². The van der Waals surface area contributed by atoms with E-state index in [-0.39, 0.29) is 17.8 Å². The summed E-state index contributed by atoms with van der Waals surface area (Å²) in [6.45, 7) is 7.49. The minimum atomic E-state index is -4.54. The number of nitrogens with one attached hydrogen (secondary N) is 3. The number of hydrogen-bond acceptors (Lipinski definition) is 7. The van der Waals surface area contributed by atoms with Crippen LogP contribution in [0.2, 0.25) is 0 Å². The van der Waals surface area contributed by atoms with Crippen molar-refractivity contribution >= 4 is 23.2 Å². The molecule has 0 unspecified atom stereocenters. The summed E-state index contributed by atoms with van der Waals surface area (Å²) in [5, 5.41) is 8.00. The number of rotatable bonds is 8. The Morgan fingerprint density at radius 2 is 1.64 bits per heavy atom. The lowest BCUT2D eigenvalue weighted by Crippen LogP contribution is -2.48. The van der Waals surface area contributed by atoms with Gasteiger partial charge in [-0.15, -0.1) is 0 Å². The van der Waals surface area contributed by atoms with Crippen molar-refractivity contribution in [1.82, 2.24) is 19.8 Å². The van der Waals surface area contributed by atoms with Crippen LogP contribution in [0.1, 0.15) is 25.0 Å². The summed E-state index contributed by atoms with van der Waals surface area (Å²) in [7, 11) is 1.73. The molecule has 1 aromatic heterocycles. The number of carbonyl (C=O) groups is 1. The Morgan fingerprint density at radius 3 is 2.28 bits per heavy atom. The van der Waals surface area contributed by atoms with Crippen LogP contribution in [-0.4, -0.2) is 65.1 Å². The van der Waals surface area contributed by atoms with Crippen LogP contribution in [0.3, 0.4) is 0 Å². The number of hydrogen-bond donors (Lipinski definition) is 3. The van der Waals surface area contributed by atoms with Crippen molar-refractivity contribution < 1.29 is 22.7 Å². The van der Waals surface area contributed by atoms with Crippen LogP contribution in [0, 0.1) is 0 Å². The third-order valence-corrected chi connectivity index (χ3v) is 6.44. The molecule has 208 valence electrons. The summed E-state index contributed by atoms with van der Waals surface area (Å²) in [6, 6.07) is 11.8. The van der Waals surface area contributed by atoms with Crippen molar-refractivity contribution in [3.63, 3.8) is 0 Å². The SMILES string of the molecule is CNc1cc(Oc2ccc(NC(=O)Nc3ccc(CN4CCN(C(C)C)CC4)c(C(F)(F)F)c3)cc2)ncn1. The topological polar surface area (TPSA) is 94.6 Å². The second-order valence-corrected chi connectivity index (χ2v) is 9.47. The maximum atomic E-state index is 13.9. The fourth-order valence-corrected chi connectivity index (χ4v) is 4.29. The van der Waals surface area contributed by atoms with Crippen LogP contribution >= 0.6 is 0 Å². The van der Waals surface area contributed by atoms with E-state index >= 15 is 0 Å². The van der Waals surface area contributed by atoms with Gasteiger partial charge in [-0.05, 0) is 55.8 Å². The summed E-state index contributed by atoms with van der Waals surface area (Å²) < 4.78 is 47.3. The van der Waals surface area contributed by atoms with E-state index in [0.717, 1.165) is 19.2 Å². The number of benzene rings is 2. The van der Waals surface area contributed by atoms with Crippen LogP contribution in [-0.2, 0) is 12.7 Å². The zero-order chi connectivity index (χ0) is 28.0. The van der Waals surface area contributed by atoms with E-state index in [9.17, 15) is 18.0 Å². The van der Waals surface area contributed by atoms with Crippen LogP contribution in [0.25, 0.3) is 0 Å². The molecule has 1 aliphatic rings. The molecule has 0 spiro atoms. The second kappa shape index (κ2) is 12.3. The van der Waals surface area contributed by atoms with Crippen molar-refractivity contribution in [1.29, 1.82) is 0 Å². The minimum absolute atomic E-state index is 0.0530. The summed E-state index contributed by atoms with van der Waals surface area (Å²) in [4.78, 5) is 24.9. The highest BCUT2D eigenvalue weighted by molar-refractivity contribution is 5.99. The molecule has 9 nitrogen and oxygen atoms in total. The van der Waals surface area contributed by atoms with Gasteiger partial charge >= 0.3 is 12.2 Å². The van der Waals surface area contributed by atoms with Gasteiger partial charge in [0.15, 0.2) is 0 Å². The lowest BCUT2D eigenvalue weighted by molar-refractivity contribution is -0.138. The number of halogens is 3. The molecule has 12 heteroatoms. The molecule has 2 amide bonds. The number of urea groups is 1. The van der Waals surface area contributed by atoms with Gasteiger partial charge in [0, 0.05) is 63.3 Å². The standard InChI is InChI=1S/C27H32F3N7O2/c1-18(2)37-12-10-36(11-13-37)16-19-4-5-21(14-23(19)27(28,29)30)35-26(38)34-20-6-8-22(9-7-20)39-25-15-24(31-3)32-17-33-25/h4-9,14-15,17-18H,10-13,16H2,1-3H3,(H,31,32,33)(H2,34,35,38). The largest absolute Gasteiger partial charge is 0.439 e. The second-order valence-electron chi connectivity index (χ2n) is 9.47. The van der Waals surface area contributed by atoms with Gasteiger partial charge in [-0.25, -0.2) is 14.8 Å². The molecule has 2 aromatic carbocycles. The minimum Gasteiger partial charge on any atom is -0.439 e. The first-order valence-corrected chi connectivity index (χ1v) is 12.6. The maximum Gasteiger partial charge on any atom is 0.416 e. The number of anilines is 3. The van der Waals surface area contributed by atoms with Crippen LogP contribution in [0.15, 0.2) is 54.9 Å². The van der Waals surface area contributed by atoms with E-state index in [2.05, 4.69) is 44.7 Å². The fraction of sp³-hybridized carbons (Fsp3) is 0.370. The summed E-state index contributed by atoms with van der Waals surface area (Å²) in [5.41, 5.74) is -0.0734. The molecule has 1 saturated heterocycles. The Labute approximate surface area is 225 Å². The molecule has 0 aliphatic carbocycles. The van der Waals surface area contributed by atoms with Crippen molar-refractivity contribution in [2.75, 3.05) is 49.2 Å². The molecule has 1 fully saturated rings. The normalized spacial score (nSPS) is 14.7. The van der Waals surface area contributed by atoms with E-state index in [0.29, 0.717) is 42.3 Å². The van der Waals surface area contributed by atoms with Gasteiger partial charge in [-0.3, -0.25) is 9.80 Å². The summed E-state index contributed by atoms with van der Waals surface area (Å²) in [5.74, 6) is 1.42. The number of ether oxygens (including phenoxy) is 1. The first kappa shape index (κ1) is 28.1.